The molecule has 0 aliphatic carbocycles. The second-order valence-electron chi connectivity index (χ2n) is 5.53. The van der Waals surface area contributed by atoms with Crippen molar-refractivity contribution in [1.82, 2.24) is 9.55 Å². The number of rotatable bonds is 4. The molecule has 124 valence electrons. The van der Waals surface area contributed by atoms with Gasteiger partial charge in [-0.3, -0.25) is 19.1 Å². The van der Waals surface area contributed by atoms with E-state index in [2.05, 4.69) is 4.98 Å². The number of Topliss-reactive ketones (excluding diaryl/α,β-unsaturated/α-hetero) is 1. The Kier molecular flexibility index (Phi) is 4.28. The molecule has 2 heterocycles. The van der Waals surface area contributed by atoms with E-state index in [-0.39, 0.29) is 0 Å². The minimum atomic E-state index is -1.38. The van der Waals surface area contributed by atoms with Gasteiger partial charge in [-0.2, -0.15) is 0 Å². The first-order valence-electron chi connectivity index (χ1n) is 7.40. The van der Waals surface area contributed by atoms with E-state index in [1.165, 1.54) is 16.8 Å². The molecule has 0 radical (unpaired) electrons. The van der Waals surface area contributed by atoms with Gasteiger partial charge in [0, 0.05) is 17.3 Å². The lowest BCUT2D eigenvalue weighted by Crippen LogP contribution is -2.37. The van der Waals surface area contributed by atoms with Crippen LogP contribution in [-0.4, -0.2) is 32.6 Å². The maximum atomic E-state index is 12.3. The fraction of sp³-hybridized carbons (Fsp3) is 0.235. The highest BCUT2D eigenvalue weighted by Gasteiger charge is 2.32. The summed E-state index contributed by atoms with van der Waals surface area (Å²) in [5, 5.41) is 10.2. The number of ether oxygens (including phenoxy) is 1. The zero-order chi connectivity index (χ0) is 17.3. The van der Waals surface area contributed by atoms with E-state index in [0.717, 1.165) is 0 Å². The predicted octanol–water partition coefficient (Wildman–Crippen LogP) is 0.542. The normalized spacial score (nSPS) is 20.9. The molecule has 2 N–H and O–H groups in total. The van der Waals surface area contributed by atoms with Crippen LogP contribution in [0.3, 0.4) is 0 Å². The Morgan fingerprint density at radius 2 is 1.96 bits per heavy atom. The molecule has 2 aromatic rings. The SMILES string of the molecule is Cc1cn([C@H]2C=C[C@@H]([C@H](O)C(=O)c3ccccc3)O2)c(=O)[nH]c1=O. The molecule has 0 fully saturated rings. The van der Waals surface area contributed by atoms with Crippen LogP contribution in [0.4, 0.5) is 0 Å². The Balaban J connectivity index is 1.78. The smallest absolute Gasteiger partial charge is 0.330 e. The van der Waals surface area contributed by atoms with Crippen LogP contribution in [0.2, 0.25) is 0 Å². The number of hydrogen-bond acceptors (Lipinski definition) is 5. The quantitative estimate of drug-likeness (QED) is 0.630. The van der Waals surface area contributed by atoms with E-state index in [9.17, 15) is 19.5 Å². The summed E-state index contributed by atoms with van der Waals surface area (Å²) in [6.07, 6.45) is 1.42. The van der Waals surface area contributed by atoms with Gasteiger partial charge in [0.05, 0.1) is 0 Å². The van der Waals surface area contributed by atoms with Gasteiger partial charge < -0.3 is 9.84 Å². The van der Waals surface area contributed by atoms with Crippen LogP contribution < -0.4 is 11.2 Å². The average molecular weight is 328 g/mol. The van der Waals surface area contributed by atoms with Gasteiger partial charge in [0.15, 0.2) is 12.0 Å². The van der Waals surface area contributed by atoms with E-state index in [4.69, 9.17) is 4.74 Å². The van der Waals surface area contributed by atoms with Crippen molar-refractivity contribution >= 4 is 5.78 Å². The number of aliphatic hydroxyl groups excluding tert-OH is 1. The Labute approximate surface area is 136 Å². The van der Waals surface area contributed by atoms with Gasteiger partial charge in [0.2, 0.25) is 0 Å². The van der Waals surface area contributed by atoms with Crippen molar-refractivity contribution in [3.63, 3.8) is 0 Å². The molecule has 0 bridgehead atoms. The van der Waals surface area contributed by atoms with E-state index in [0.29, 0.717) is 11.1 Å². The summed E-state index contributed by atoms with van der Waals surface area (Å²) in [5.74, 6) is -0.462. The maximum absolute atomic E-state index is 12.3. The minimum absolute atomic E-state index is 0.357. The summed E-state index contributed by atoms with van der Waals surface area (Å²) in [6, 6.07) is 8.40. The Hall–Kier alpha value is -2.77. The first-order chi connectivity index (χ1) is 11.5. The van der Waals surface area contributed by atoms with Gasteiger partial charge in [-0.05, 0) is 13.0 Å². The minimum Gasteiger partial charge on any atom is -0.382 e. The van der Waals surface area contributed by atoms with Crippen LogP contribution >= 0.6 is 0 Å². The second-order valence-corrected chi connectivity index (χ2v) is 5.53. The topological polar surface area (TPSA) is 101 Å². The Bertz CT molecular complexity index is 897. The highest BCUT2D eigenvalue weighted by atomic mass is 16.5. The van der Waals surface area contributed by atoms with Crippen molar-refractivity contribution in [3.8, 4) is 0 Å². The molecule has 0 amide bonds. The van der Waals surface area contributed by atoms with Crippen molar-refractivity contribution in [1.29, 1.82) is 0 Å². The maximum Gasteiger partial charge on any atom is 0.330 e. The van der Waals surface area contributed by atoms with Gasteiger partial charge >= 0.3 is 5.69 Å². The average Bonchev–Trinajstić information content (AvgIpc) is 3.07. The zero-order valence-corrected chi connectivity index (χ0v) is 12.9. The van der Waals surface area contributed by atoms with Gasteiger partial charge in [0.1, 0.15) is 12.2 Å². The molecule has 7 heteroatoms. The zero-order valence-electron chi connectivity index (χ0n) is 12.9. The van der Waals surface area contributed by atoms with Crippen molar-refractivity contribution < 1.29 is 14.6 Å². The standard InChI is InChI=1S/C17H16N2O5/c1-10-9-19(17(23)18-16(10)22)13-8-7-12(24-13)15(21)14(20)11-5-3-2-4-6-11/h2-9,12-13,15,21H,1H3,(H,18,22,23)/t12-,13+,15-/m0/s1. The largest absolute Gasteiger partial charge is 0.382 e. The van der Waals surface area contributed by atoms with Crippen molar-refractivity contribution in [3.05, 3.63) is 80.6 Å². The molecule has 0 saturated heterocycles. The van der Waals surface area contributed by atoms with Crippen LogP contribution in [-0.2, 0) is 4.74 Å². The molecule has 1 aromatic heterocycles. The molecular weight excluding hydrogens is 312 g/mol. The third-order valence-electron chi connectivity index (χ3n) is 3.82. The monoisotopic (exact) mass is 328 g/mol. The second kappa shape index (κ2) is 6.38. The van der Waals surface area contributed by atoms with Crippen molar-refractivity contribution in [2.24, 2.45) is 0 Å². The molecule has 3 rings (SSSR count). The van der Waals surface area contributed by atoms with Gasteiger partial charge in [-0.25, -0.2) is 4.79 Å². The number of carbonyl (C=O) groups excluding carboxylic acids is 1. The number of aliphatic hydroxyl groups is 1. The number of H-pyrrole nitrogens is 1. The van der Waals surface area contributed by atoms with Gasteiger partial charge in [-0.1, -0.05) is 36.4 Å². The first-order valence-corrected chi connectivity index (χ1v) is 7.40. The van der Waals surface area contributed by atoms with Crippen LogP contribution in [0.5, 0.6) is 0 Å². The van der Waals surface area contributed by atoms with E-state index in [1.54, 1.807) is 43.3 Å². The fourth-order valence-electron chi connectivity index (χ4n) is 2.49. The number of nitrogens with one attached hydrogen (secondary N) is 1. The Morgan fingerprint density at radius 3 is 2.67 bits per heavy atom. The number of carbonyl (C=O) groups is 1. The van der Waals surface area contributed by atoms with E-state index >= 15 is 0 Å². The molecule has 24 heavy (non-hydrogen) atoms. The van der Waals surface area contributed by atoms with Gasteiger partial charge in [0.25, 0.3) is 5.56 Å². The number of benzene rings is 1. The summed E-state index contributed by atoms with van der Waals surface area (Å²) in [7, 11) is 0. The third kappa shape index (κ3) is 2.99. The fourth-order valence-corrected chi connectivity index (χ4v) is 2.49. The van der Waals surface area contributed by atoms with Crippen LogP contribution in [0.1, 0.15) is 22.1 Å². The number of nitrogens with zero attached hydrogens (tertiary/aromatic N) is 1. The molecular formula is C17H16N2O5. The summed E-state index contributed by atoms with van der Waals surface area (Å²) in [6.45, 7) is 1.57. The van der Waals surface area contributed by atoms with Crippen molar-refractivity contribution in [2.75, 3.05) is 0 Å². The number of hydrogen-bond donors (Lipinski definition) is 2. The molecule has 1 aliphatic heterocycles. The molecule has 0 saturated carbocycles. The summed E-state index contributed by atoms with van der Waals surface area (Å²) in [5.41, 5.74) is -0.350. The van der Waals surface area contributed by atoms with Crippen LogP contribution in [0.25, 0.3) is 0 Å². The molecule has 7 nitrogen and oxygen atoms in total. The lowest BCUT2D eigenvalue weighted by atomic mass is 10.0. The van der Waals surface area contributed by atoms with E-state index in [1.807, 2.05) is 0 Å². The number of ketones is 1. The summed E-state index contributed by atoms with van der Waals surface area (Å²) >= 11 is 0. The number of aryl methyl sites for hydroxylation is 1. The Morgan fingerprint density at radius 1 is 1.25 bits per heavy atom. The number of aromatic amines is 1. The summed E-state index contributed by atoms with van der Waals surface area (Å²) < 4.78 is 6.79. The number of aromatic nitrogens is 2. The van der Waals surface area contributed by atoms with Gasteiger partial charge in [-0.15, -0.1) is 0 Å². The van der Waals surface area contributed by atoms with E-state index < -0.39 is 35.5 Å². The lowest BCUT2D eigenvalue weighted by Gasteiger charge is -2.19. The molecule has 0 spiro atoms. The first kappa shape index (κ1) is 16.1. The molecule has 1 aliphatic rings. The highest BCUT2D eigenvalue weighted by molar-refractivity contribution is 5.99. The lowest BCUT2D eigenvalue weighted by molar-refractivity contribution is -0.0380. The third-order valence-corrected chi connectivity index (χ3v) is 3.82. The van der Waals surface area contributed by atoms with Crippen LogP contribution in [0, 0.1) is 6.92 Å². The predicted molar refractivity (Wildman–Crippen MR) is 85.9 cm³/mol. The molecule has 1 aromatic carbocycles. The molecule has 0 unspecified atom stereocenters. The summed E-state index contributed by atoms with van der Waals surface area (Å²) in [4.78, 5) is 37.7. The molecule has 3 atom stereocenters. The van der Waals surface area contributed by atoms with Crippen LogP contribution in [0.15, 0.2) is 58.3 Å². The van der Waals surface area contributed by atoms with Crippen molar-refractivity contribution in [2.45, 2.75) is 25.4 Å². The highest BCUT2D eigenvalue weighted by Crippen LogP contribution is 2.23.